The van der Waals surface area contributed by atoms with Crippen LogP contribution >= 0.6 is 0 Å². The normalized spacial score (nSPS) is 9.91. The molecule has 0 aromatic rings. The first-order valence-electron chi connectivity index (χ1n) is 3.12. The van der Waals surface area contributed by atoms with E-state index in [4.69, 9.17) is 0 Å². The summed E-state index contributed by atoms with van der Waals surface area (Å²) in [6.07, 6.45) is 4.13. The summed E-state index contributed by atoms with van der Waals surface area (Å²) >= 11 is 1.34. The van der Waals surface area contributed by atoms with E-state index in [-0.39, 0.29) is 5.70 Å². The van der Waals surface area contributed by atoms with Crippen LogP contribution in [0.1, 0.15) is 13.3 Å². The van der Waals surface area contributed by atoms with E-state index in [9.17, 15) is 10.1 Å². The van der Waals surface area contributed by atoms with Gasteiger partial charge in [-0.05, 0) is 0 Å². The molecule has 0 rings (SSSR count). The summed E-state index contributed by atoms with van der Waals surface area (Å²) in [4.78, 5) is 9.56. The quantitative estimate of drug-likeness (QED) is 0.447. The molecule has 0 N–H and O–H groups in total. The average molecular weight is 323 g/mol. The van der Waals surface area contributed by atoms with Crippen molar-refractivity contribution in [2.45, 2.75) is 13.3 Å². The van der Waals surface area contributed by atoms with Crippen molar-refractivity contribution in [3.63, 3.8) is 0 Å². The van der Waals surface area contributed by atoms with Crippen LogP contribution in [0.15, 0.2) is 24.4 Å². The first-order chi connectivity index (χ1) is 5.07. The van der Waals surface area contributed by atoms with Crippen molar-refractivity contribution < 1.29 is 24.3 Å². The van der Waals surface area contributed by atoms with Gasteiger partial charge in [-0.2, -0.15) is 0 Å². The van der Waals surface area contributed by atoms with E-state index < -0.39 is 4.92 Å². The van der Waals surface area contributed by atoms with Crippen molar-refractivity contribution in [1.29, 1.82) is 0 Å². The summed E-state index contributed by atoms with van der Waals surface area (Å²) < 4.78 is 1.19. The summed E-state index contributed by atoms with van der Waals surface area (Å²) in [5.41, 5.74) is -0.0581. The molecule has 0 aliphatic heterocycles. The van der Waals surface area contributed by atoms with Gasteiger partial charge in [0.25, 0.3) is 0 Å². The maximum absolute atomic E-state index is 10.1. The zero-order chi connectivity index (χ0) is 8.85. The second-order valence-electron chi connectivity index (χ2n) is 1.90. The first kappa shape index (κ1) is 10.4. The molecule has 0 heterocycles. The van der Waals surface area contributed by atoms with Crippen LogP contribution in [0.2, 0.25) is 0 Å². The molecular weight excluding hydrogens is 314 g/mol. The second-order valence-corrected chi connectivity index (χ2v) is 3.79. The molecule has 0 aliphatic rings. The Kier molecular flexibility index (Phi) is 4.87. The predicted octanol–water partition coefficient (Wildman–Crippen LogP) is 1.46. The molecule has 0 unspecified atom stereocenters. The van der Waals surface area contributed by atoms with Gasteiger partial charge in [-0.3, -0.25) is 0 Å². The van der Waals surface area contributed by atoms with Crippen LogP contribution in [0.4, 0.5) is 0 Å². The van der Waals surface area contributed by atoms with Crippen molar-refractivity contribution in [2.75, 3.05) is 0 Å². The average Bonchev–Trinajstić information content (AvgIpc) is 1.99. The topological polar surface area (TPSA) is 43.1 Å². The summed E-state index contributed by atoms with van der Waals surface area (Å²) in [7, 11) is 0. The van der Waals surface area contributed by atoms with Gasteiger partial charge in [0.1, 0.15) is 0 Å². The Morgan fingerprint density at radius 2 is 2.27 bits per heavy atom. The third-order valence-electron chi connectivity index (χ3n) is 1.04. The summed E-state index contributed by atoms with van der Waals surface area (Å²) in [6.45, 7) is 5.29. The van der Waals surface area contributed by atoms with Crippen LogP contribution in [0.25, 0.3) is 0 Å². The maximum atomic E-state index is 10.1. The summed E-state index contributed by atoms with van der Waals surface area (Å²) in [5.74, 6) is 0. The summed E-state index contributed by atoms with van der Waals surface area (Å²) in [6, 6.07) is 0. The van der Waals surface area contributed by atoms with Gasteiger partial charge in [-0.1, -0.05) is 0 Å². The molecule has 0 saturated carbocycles. The molecule has 11 heavy (non-hydrogen) atoms. The number of hydrogen-bond donors (Lipinski definition) is 0. The first-order valence-corrected chi connectivity index (χ1v) is 4.58. The molecule has 0 aromatic carbocycles. The SMILES string of the molecule is C=C(/C=C\[C](=[W])CC)[N+](=O)[O-]. The minimum atomic E-state index is -0.491. The molecule has 0 bridgehead atoms. The fourth-order valence-corrected chi connectivity index (χ4v) is 0.612. The minimum absolute atomic E-state index is 0.0581. The van der Waals surface area contributed by atoms with Gasteiger partial charge in [-0.15, -0.1) is 0 Å². The van der Waals surface area contributed by atoms with E-state index in [2.05, 4.69) is 6.58 Å². The van der Waals surface area contributed by atoms with Crippen LogP contribution in [0.5, 0.6) is 0 Å². The Morgan fingerprint density at radius 3 is 2.64 bits per heavy atom. The summed E-state index contributed by atoms with van der Waals surface area (Å²) in [5, 5.41) is 10.1. The Balaban J connectivity index is 4.04. The second kappa shape index (κ2) is 5.14. The zero-order valence-corrected chi connectivity index (χ0v) is 9.17. The van der Waals surface area contributed by atoms with Gasteiger partial charge in [0, 0.05) is 0 Å². The zero-order valence-electron chi connectivity index (χ0n) is 6.24. The van der Waals surface area contributed by atoms with Gasteiger partial charge in [0.15, 0.2) is 0 Å². The molecule has 0 amide bonds. The van der Waals surface area contributed by atoms with Gasteiger partial charge >= 0.3 is 76.1 Å². The van der Waals surface area contributed by atoms with Crippen LogP contribution < -0.4 is 0 Å². The van der Waals surface area contributed by atoms with Crippen molar-refractivity contribution in [2.24, 2.45) is 0 Å². The third-order valence-corrected chi connectivity index (χ3v) is 2.57. The Morgan fingerprint density at radius 1 is 1.73 bits per heavy atom. The van der Waals surface area contributed by atoms with E-state index in [1.807, 2.05) is 6.92 Å². The van der Waals surface area contributed by atoms with Gasteiger partial charge < -0.3 is 0 Å². The molecular formula is C7H9NO2W. The van der Waals surface area contributed by atoms with E-state index in [0.717, 1.165) is 6.42 Å². The van der Waals surface area contributed by atoms with Gasteiger partial charge in [0.2, 0.25) is 0 Å². The molecule has 3 nitrogen and oxygen atoms in total. The molecule has 0 atom stereocenters. The third kappa shape index (κ3) is 4.79. The number of nitro groups is 1. The molecule has 0 fully saturated rings. The van der Waals surface area contributed by atoms with Crippen molar-refractivity contribution in [1.82, 2.24) is 0 Å². The van der Waals surface area contributed by atoms with Gasteiger partial charge in [0.05, 0.1) is 0 Å². The van der Waals surface area contributed by atoms with Crippen molar-refractivity contribution >= 4 is 3.90 Å². The molecule has 4 heteroatoms. The molecule has 0 aliphatic carbocycles. The standard InChI is InChI=1S/C7H9NO2.W/c1-3-4-5-6-7(2)8(9)10;/h5-6H,2-3H2,1H3;/b6-5-;. The molecule has 60 valence electrons. The Labute approximate surface area is 76.4 Å². The molecule has 0 aromatic heterocycles. The number of nitrogens with zero attached hydrogens (tertiary/aromatic N) is 1. The molecule has 0 radical (unpaired) electrons. The number of rotatable bonds is 4. The van der Waals surface area contributed by atoms with Crippen molar-refractivity contribution in [3.05, 3.63) is 34.5 Å². The predicted molar refractivity (Wildman–Crippen MR) is 40.6 cm³/mol. The van der Waals surface area contributed by atoms with E-state index in [0.29, 0.717) is 0 Å². The molecule has 0 saturated heterocycles. The van der Waals surface area contributed by atoms with E-state index >= 15 is 0 Å². The van der Waals surface area contributed by atoms with Crippen molar-refractivity contribution in [3.8, 4) is 0 Å². The number of hydrogen-bond acceptors (Lipinski definition) is 2. The van der Waals surface area contributed by atoms with E-state index in [1.165, 1.54) is 29.3 Å². The van der Waals surface area contributed by atoms with Crippen LogP contribution in [0, 0.1) is 10.1 Å². The molecule has 0 spiro atoms. The fourth-order valence-electron chi connectivity index (χ4n) is 0.368. The van der Waals surface area contributed by atoms with E-state index in [1.54, 1.807) is 6.08 Å². The Hall–Kier alpha value is -0.562. The van der Waals surface area contributed by atoms with Crippen LogP contribution in [0.3, 0.4) is 0 Å². The van der Waals surface area contributed by atoms with Crippen LogP contribution in [-0.2, 0) is 19.4 Å². The monoisotopic (exact) mass is 323 g/mol. The van der Waals surface area contributed by atoms with Crippen LogP contribution in [-0.4, -0.2) is 8.82 Å². The Bertz CT molecular complexity index is 220. The van der Waals surface area contributed by atoms with Gasteiger partial charge in [-0.25, -0.2) is 0 Å². The number of allylic oxidation sites excluding steroid dienone is 2. The fraction of sp³-hybridized carbons (Fsp3) is 0.286.